The van der Waals surface area contributed by atoms with E-state index in [0.29, 0.717) is 68.6 Å². The Morgan fingerprint density at radius 1 is 0.952 bits per heavy atom. The predicted molar refractivity (Wildman–Crippen MR) is 242 cm³/mol. The summed E-state index contributed by atoms with van der Waals surface area (Å²) in [5, 5.41) is 38.2. The zero-order valence-electron chi connectivity index (χ0n) is 35.7. The lowest BCUT2D eigenvalue weighted by atomic mass is 9.91. The number of hydrogen-bond donors (Lipinski definition) is 3. The fraction of sp³-hybridized carbons (Fsp3) is 0.413. The number of phenols is 1. The Morgan fingerprint density at radius 2 is 1.71 bits per heavy atom. The molecule has 9 rings (SSSR count). The summed E-state index contributed by atoms with van der Waals surface area (Å²) >= 11 is 3.19. The number of β-amino-alcohol motifs (C(OH)–C–C–N with tert-alkyl or cyclic N) is 1. The van der Waals surface area contributed by atoms with Crippen molar-refractivity contribution in [2.75, 3.05) is 57.3 Å². The molecule has 2 aromatic carbocycles. The highest BCUT2D eigenvalue weighted by molar-refractivity contribution is 7.18. The highest BCUT2D eigenvalue weighted by Gasteiger charge is 2.44. The number of para-hydroxylation sites is 1. The van der Waals surface area contributed by atoms with E-state index >= 15 is 0 Å². The van der Waals surface area contributed by atoms with Crippen LogP contribution in [-0.2, 0) is 14.4 Å². The minimum absolute atomic E-state index is 0.0557. The average molecular weight is 890 g/mol. The van der Waals surface area contributed by atoms with E-state index in [-0.39, 0.29) is 54.3 Å². The van der Waals surface area contributed by atoms with E-state index in [9.17, 15) is 24.6 Å². The van der Waals surface area contributed by atoms with Gasteiger partial charge in [-0.05, 0) is 55.2 Å². The first-order valence-corrected chi connectivity index (χ1v) is 23.2. The van der Waals surface area contributed by atoms with Gasteiger partial charge in [0, 0.05) is 80.0 Å². The zero-order valence-corrected chi connectivity index (χ0v) is 37.3. The monoisotopic (exact) mass is 889 g/mol. The lowest BCUT2D eigenvalue weighted by Gasteiger charge is -2.41. The summed E-state index contributed by atoms with van der Waals surface area (Å²) in [4.78, 5) is 56.5. The summed E-state index contributed by atoms with van der Waals surface area (Å²) in [6.45, 7) is 12.1. The number of benzene rings is 2. The van der Waals surface area contributed by atoms with Gasteiger partial charge in [-0.15, -0.1) is 32.9 Å². The van der Waals surface area contributed by atoms with Crippen molar-refractivity contribution in [3.63, 3.8) is 0 Å². The molecule has 3 aliphatic rings. The first-order chi connectivity index (χ1) is 30.4. The molecule has 0 aliphatic carbocycles. The fourth-order valence-corrected chi connectivity index (χ4v) is 10.7. The summed E-state index contributed by atoms with van der Waals surface area (Å²) in [6.07, 6.45) is -0.675. The van der Waals surface area contributed by atoms with Gasteiger partial charge in [0.25, 0.3) is 0 Å². The number of thiazole rings is 1. The number of piperazine rings is 1. The molecule has 328 valence electrons. The molecule has 0 spiro atoms. The van der Waals surface area contributed by atoms with E-state index in [0.717, 1.165) is 31.9 Å². The predicted octanol–water partition coefficient (Wildman–Crippen LogP) is 5.81. The van der Waals surface area contributed by atoms with Gasteiger partial charge in [-0.3, -0.25) is 19.3 Å². The molecule has 4 aromatic heterocycles. The van der Waals surface area contributed by atoms with Crippen molar-refractivity contribution in [2.45, 2.75) is 64.1 Å². The van der Waals surface area contributed by atoms with Crippen molar-refractivity contribution in [2.24, 2.45) is 5.92 Å². The number of phenolic OH excluding ortho intramolecular Hbond substituents is 1. The van der Waals surface area contributed by atoms with Crippen LogP contribution in [0.5, 0.6) is 5.75 Å². The van der Waals surface area contributed by atoms with Crippen molar-refractivity contribution < 1.29 is 29.1 Å². The van der Waals surface area contributed by atoms with Gasteiger partial charge in [-0.1, -0.05) is 55.4 Å². The number of amides is 3. The minimum atomic E-state index is -0.827. The second-order valence-electron chi connectivity index (χ2n) is 17.2. The van der Waals surface area contributed by atoms with Crippen molar-refractivity contribution >= 4 is 56.4 Å². The smallest absolute Gasteiger partial charge is 0.243 e. The number of carbonyl (C=O) groups excluding carboxylic acids is 3. The number of aryl methyl sites for hydroxylation is 1. The molecular weight excluding hydrogens is 839 g/mol. The Balaban J connectivity index is 0.764. The largest absolute Gasteiger partial charge is 0.507 e. The molecule has 3 aliphatic heterocycles. The number of nitrogens with one attached hydrogen (secondary N) is 1. The van der Waals surface area contributed by atoms with Crippen molar-refractivity contribution in [1.82, 2.24) is 40.4 Å². The second kappa shape index (κ2) is 17.8. The van der Waals surface area contributed by atoms with Crippen LogP contribution in [0.4, 0.5) is 5.82 Å². The van der Waals surface area contributed by atoms with Crippen LogP contribution in [-0.4, -0.2) is 127 Å². The van der Waals surface area contributed by atoms with E-state index in [4.69, 9.17) is 4.52 Å². The first-order valence-electron chi connectivity index (χ1n) is 21.5. The first kappa shape index (κ1) is 42.5. The summed E-state index contributed by atoms with van der Waals surface area (Å²) < 4.78 is 5.86. The van der Waals surface area contributed by atoms with Crippen molar-refractivity contribution in [1.29, 1.82) is 0 Å². The molecule has 6 aromatic rings. The van der Waals surface area contributed by atoms with E-state index in [2.05, 4.69) is 41.5 Å². The Kier molecular flexibility index (Phi) is 12.0. The lowest BCUT2D eigenvalue weighted by molar-refractivity contribution is -0.141. The van der Waals surface area contributed by atoms with Gasteiger partial charge in [0.2, 0.25) is 17.7 Å². The number of anilines is 1. The number of aliphatic hydroxyl groups excluding tert-OH is 1. The van der Waals surface area contributed by atoms with Gasteiger partial charge in [-0.2, -0.15) is 0 Å². The highest BCUT2D eigenvalue weighted by atomic mass is 32.1. The summed E-state index contributed by atoms with van der Waals surface area (Å²) in [6, 6.07) is 19.9. The minimum Gasteiger partial charge on any atom is -0.507 e. The van der Waals surface area contributed by atoms with E-state index in [1.54, 1.807) is 34.8 Å². The molecule has 3 saturated heterocycles. The van der Waals surface area contributed by atoms with Crippen LogP contribution in [0.2, 0.25) is 0 Å². The zero-order chi connectivity index (χ0) is 43.9. The molecule has 17 heteroatoms. The number of aliphatic hydroxyl groups is 1. The second-order valence-corrected chi connectivity index (χ2v) is 19.2. The number of aromatic hydroxyl groups is 1. The number of thiophene rings is 1. The number of aromatic nitrogens is 4. The topological polar surface area (TPSA) is 181 Å². The molecule has 63 heavy (non-hydrogen) atoms. The van der Waals surface area contributed by atoms with E-state index in [1.807, 2.05) is 86.6 Å². The standard InChI is InChI=1S/C46H51N9O6S2/c1-26(2)42(46(60)55-23-33(56)19-36(55)44(59)48-27(3)29-9-11-30(12-10-29)43-28(4)47-25-62-43)38-20-40(51-61-38)53-15-13-52(14-16-53)24-41(58)54-21-32(22-54)39-18-31-17-35(49-50-45(31)63-39)34-7-5-6-8-37(34)57/h5-12,17-18,20,25-27,32-33,36,42,56-57H,13-16,19,21-24H2,1-4H3,(H,48,59)/t27-,33+,36?,42+/m0/s1. The van der Waals surface area contributed by atoms with Crippen LogP contribution in [0, 0.1) is 12.8 Å². The Bertz CT molecular complexity index is 2610. The number of likely N-dealkylation sites (tertiary alicyclic amines) is 2. The maximum absolute atomic E-state index is 14.3. The van der Waals surface area contributed by atoms with Crippen LogP contribution >= 0.6 is 22.7 Å². The maximum Gasteiger partial charge on any atom is 0.243 e. The van der Waals surface area contributed by atoms with Crippen LogP contribution < -0.4 is 10.2 Å². The number of rotatable bonds is 12. The molecule has 4 atom stereocenters. The molecular formula is C46H51N9O6S2. The van der Waals surface area contributed by atoms with Gasteiger partial charge in [0.1, 0.15) is 22.5 Å². The molecule has 0 bridgehead atoms. The summed E-state index contributed by atoms with van der Waals surface area (Å²) in [5.74, 6) is 0.102. The van der Waals surface area contributed by atoms with Crippen molar-refractivity contribution in [3.8, 4) is 27.4 Å². The Morgan fingerprint density at radius 3 is 2.43 bits per heavy atom. The summed E-state index contributed by atoms with van der Waals surface area (Å²) in [5.41, 5.74) is 6.07. The third-order valence-electron chi connectivity index (χ3n) is 12.6. The fourth-order valence-electron chi connectivity index (χ4n) is 8.87. The molecule has 0 radical (unpaired) electrons. The van der Waals surface area contributed by atoms with Crippen LogP contribution in [0.25, 0.3) is 31.9 Å². The highest BCUT2D eigenvalue weighted by Crippen LogP contribution is 2.38. The third-order valence-corrected chi connectivity index (χ3v) is 14.7. The lowest BCUT2D eigenvalue weighted by Crippen LogP contribution is -2.54. The molecule has 3 amide bonds. The quantitative estimate of drug-likeness (QED) is 0.134. The number of carbonyl (C=O) groups is 3. The number of fused-ring (bicyclic) bond motifs is 1. The molecule has 3 N–H and O–H groups in total. The van der Waals surface area contributed by atoms with E-state index < -0.39 is 18.1 Å². The van der Waals surface area contributed by atoms with Crippen LogP contribution in [0.15, 0.2) is 76.8 Å². The average Bonchev–Trinajstić information content (AvgIpc) is 4.08. The number of nitrogens with zero attached hydrogens (tertiary/aromatic N) is 8. The normalized spacial score (nSPS) is 19.4. The van der Waals surface area contributed by atoms with Crippen molar-refractivity contribution in [3.05, 3.63) is 94.1 Å². The summed E-state index contributed by atoms with van der Waals surface area (Å²) in [7, 11) is 0. The van der Waals surface area contributed by atoms with Crippen LogP contribution in [0.1, 0.15) is 67.0 Å². The molecule has 15 nitrogen and oxygen atoms in total. The Hall–Kier alpha value is -5.75. The van der Waals surface area contributed by atoms with Crippen LogP contribution in [0.3, 0.4) is 0 Å². The molecule has 3 fully saturated rings. The molecule has 7 heterocycles. The SMILES string of the molecule is Cc1ncsc1-c1ccc([C@H](C)NC(=O)C2C[C@@H](O)CN2C(=O)[C@@H](c2cc(N3CCN(CC(=O)N4CC(c5cc6cc(-c7ccccc7O)nnc6s5)C4)CC3)no2)C(C)C)cc1. The molecule has 0 saturated carbocycles. The third kappa shape index (κ3) is 8.79. The van der Waals surface area contributed by atoms with Gasteiger partial charge in [-0.25, -0.2) is 4.98 Å². The molecule has 1 unspecified atom stereocenters. The van der Waals surface area contributed by atoms with E-state index in [1.165, 1.54) is 9.78 Å². The number of hydrogen-bond acceptors (Lipinski definition) is 14. The van der Waals surface area contributed by atoms with Gasteiger partial charge in [0.05, 0.1) is 40.5 Å². The van der Waals surface area contributed by atoms with Gasteiger partial charge < -0.3 is 34.8 Å². The maximum atomic E-state index is 14.3. The Labute approximate surface area is 373 Å². The van der Waals surface area contributed by atoms with Gasteiger partial charge in [0.15, 0.2) is 11.6 Å². The van der Waals surface area contributed by atoms with Gasteiger partial charge >= 0.3 is 0 Å².